The zero-order valence-electron chi connectivity index (χ0n) is 11.3. The predicted molar refractivity (Wildman–Crippen MR) is 76.6 cm³/mol. The zero-order valence-corrected chi connectivity index (χ0v) is 11.3. The largest absolute Gasteiger partial charge is 0.508 e. The van der Waals surface area contributed by atoms with E-state index in [0.29, 0.717) is 18.5 Å². The topological polar surface area (TPSA) is 69.6 Å². The normalized spacial score (nSPS) is 10.3. The summed E-state index contributed by atoms with van der Waals surface area (Å²) in [5.74, 6) is -0.566. The Kier molecular flexibility index (Phi) is 4.77. The summed E-state index contributed by atoms with van der Waals surface area (Å²) >= 11 is 0. The van der Waals surface area contributed by atoms with Crippen molar-refractivity contribution in [3.63, 3.8) is 0 Å². The van der Waals surface area contributed by atoms with Crippen molar-refractivity contribution >= 4 is 5.91 Å². The lowest BCUT2D eigenvalue weighted by Crippen LogP contribution is -2.27. The first-order valence-electron chi connectivity index (χ1n) is 6.56. The molecule has 2 aromatic rings. The standard InChI is InChI=1S/C16H16FNO3/c17-13-3-1-11(2-4-13)7-8-18-16(21)10-12-9-14(19)5-6-15(12)20/h1-6,9,19-20H,7-8,10H2,(H,18,21). The molecule has 2 rings (SSSR count). The molecule has 0 aliphatic carbocycles. The van der Waals surface area contributed by atoms with Gasteiger partial charge in [-0.25, -0.2) is 4.39 Å². The van der Waals surface area contributed by atoms with Crippen LogP contribution in [-0.2, 0) is 17.6 Å². The summed E-state index contributed by atoms with van der Waals surface area (Å²) in [6.45, 7) is 0.421. The first kappa shape index (κ1) is 14.8. The van der Waals surface area contributed by atoms with Gasteiger partial charge in [0.1, 0.15) is 17.3 Å². The quantitative estimate of drug-likeness (QED) is 0.739. The fourth-order valence-electron chi connectivity index (χ4n) is 1.95. The Morgan fingerprint density at radius 3 is 2.52 bits per heavy atom. The molecule has 0 bridgehead atoms. The highest BCUT2D eigenvalue weighted by Crippen LogP contribution is 2.22. The number of amides is 1. The van der Waals surface area contributed by atoms with Gasteiger partial charge in [-0.3, -0.25) is 4.79 Å². The molecular formula is C16H16FNO3. The van der Waals surface area contributed by atoms with Crippen LogP contribution in [0.5, 0.6) is 11.5 Å². The van der Waals surface area contributed by atoms with Crippen LogP contribution in [0.4, 0.5) is 4.39 Å². The van der Waals surface area contributed by atoms with Crippen molar-refractivity contribution in [3.8, 4) is 11.5 Å². The summed E-state index contributed by atoms with van der Waals surface area (Å²) in [5.41, 5.74) is 1.30. The molecule has 0 saturated carbocycles. The lowest BCUT2D eigenvalue weighted by atomic mass is 10.1. The van der Waals surface area contributed by atoms with Crippen LogP contribution >= 0.6 is 0 Å². The van der Waals surface area contributed by atoms with Gasteiger partial charge in [0.15, 0.2) is 0 Å². The number of hydrogen-bond donors (Lipinski definition) is 3. The molecular weight excluding hydrogens is 273 g/mol. The summed E-state index contributed by atoms with van der Waals surface area (Å²) in [5, 5.41) is 21.6. The molecule has 110 valence electrons. The fraction of sp³-hybridized carbons (Fsp3) is 0.188. The highest BCUT2D eigenvalue weighted by molar-refractivity contribution is 5.79. The van der Waals surface area contributed by atoms with Crippen LogP contribution in [-0.4, -0.2) is 22.7 Å². The molecule has 0 saturated heterocycles. The van der Waals surface area contributed by atoms with Crippen LogP contribution in [0.2, 0.25) is 0 Å². The SMILES string of the molecule is O=C(Cc1cc(O)ccc1O)NCCc1ccc(F)cc1. The molecule has 0 heterocycles. The number of phenolic OH excluding ortho intramolecular Hbond substituents is 2. The maximum atomic E-state index is 12.7. The molecule has 21 heavy (non-hydrogen) atoms. The van der Waals surface area contributed by atoms with Gasteiger partial charge < -0.3 is 15.5 Å². The summed E-state index contributed by atoms with van der Waals surface area (Å²) in [6.07, 6.45) is 0.585. The van der Waals surface area contributed by atoms with Gasteiger partial charge in [0, 0.05) is 12.1 Å². The van der Waals surface area contributed by atoms with Crippen molar-refractivity contribution in [1.29, 1.82) is 0 Å². The second kappa shape index (κ2) is 6.74. The van der Waals surface area contributed by atoms with Crippen molar-refractivity contribution in [2.75, 3.05) is 6.54 Å². The molecule has 0 fully saturated rings. The third-order valence-electron chi connectivity index (χ3n) is 3.06. The third-order valence-corrected chi connectivity index (χ3v) is 3.06. The molecule has 3 N–H and O–H groups in total. The van der Waals surface area contributed by atoms with Gasteiger partial charge in [-0.2, -0.15) is 0 Å². The average Bonchev–Trinajstić information content (AvgIpc) is 2.45. The minimum atomic E-state index is -0.290. The molecule has 0 unspecified atom stereocenters. The molecule has 0 aliphatic rings. The van der Waals surface area contributed by atoms with Crippen LogP contribution in [0.25, 0.3) is 0 Å². The maximum Gasteiger partial charge on any atom is 0.224 e. The van der Waals surface area contributed by atoms with Gasteiger partial charge in [-0.1, -0.05) is 12.1 Å². The van der Waals surface area contributed by atoms with Gasteiger partial charge in [-0.05, 0) is 42.3 Å². The third kappa shape index (κ3) is 4.49. The zero-order chi connectivity index (χ0) is 15.2. The Morgan fingerprint density at radius 2 is 1.81 bits per heavy atom. The van der Waals surface area contributed by atoms with Crippen LogP contribution < -0.4 is 5.32 Å². The molecule has 5 heteroatoms. The lowest BCUT2D eigenvalue weighted by molar-refractivity contribution is -0.120. The second-order valence-electron chi connectivity index (χ2n) is 4.72. The number of hydrogen-bond acceptors (Lipinski definition) is 3. The van der Waals surface area contributed by atoms with E-state index in [-0.39, 0.29) is 29.6 Å². The molecule has 0 radical (unpaired) electrons. The van der Waals surface area contributed by atoms with E-state index >= 15 is 0 Å². The number of carbonyl (C=O) groups excluding carboxylic acids is 1. The summed E-state index contributed by atoms with van der Waals surface area (Å²) in [7, 11) is 0. The Bertz CT molecular complexity index is 626. The van der Waals surface area contributed by atoms with Gasteiger partial charge in [0.05, 0.1) is 6.42 Å². The van der Waals surface area contributed by atoms with E-state index in [1.165, 1.54) is 30.3 Å². The van der Waals surface area contributed by atoms with E-state index in [2.05, 4.69) is 5.32 Å². The predicted octanol–water partition coefficient (Wildman–Crippen LogP) is 2.14. The maximum absolute atomic E-state index is 12.7. The van der Waals surface area contributed by atoms with Crippen LogP contribution in [0, 0.1) is 5.82 Å². The van der Waals surface area contributed by atoms with Crippen LogP contribution in [0.3, 0.4) is 0 Å². The number of phenols is 2. The molecule has 0 aliphatic heterocycles. The molecule has 0 spiro atoms. The number of rotatable bonds is 5. The molecule has 4 nitrogen and oxygen atoms in total. The van der Waals surface area contributed by atoms with Gasteiger partial charge in [0.2, 0.25) is 5.91 Å². The minimum absolute atomic E-state index is 0.00177. The summed E-state index contributed by atoms with van der Waals surface area (Å²) in [6, 6.07) is 10.1. The fourth-order valence-corrected chi connectivity index (χ4v) is 1.95. The first-order chi connectivity index (χ1) is 10.0. The molecule has 2 aromatic carbocycles. The molecule has 0 aromatic heterocycles. The van der Waals surface area contributed by atoms with Crippen molar-refractivity contribution in [1.82, 2.24) is 5.32 Å². The van der Waals surface area contributed by atoms with Gasteiger partial charge >= 0.3 is 0 Å². The smallest absolute Gasteiger partial charge is 0.224 e. The highest BCUT2D eigenvalue weighted by atomic mass is 19.1. The summed E-state index contributed by atoms with van der Waals surface area (Å²) < 4.78 is 12.7. The van der Waals surface area contributed by atoms with Gasteiger partial charge in [-0.15, -0.1) is 0 Å². The van der Waals surface area contributed by atoms with E-state index in [9.17, 15) is 19.4 Å². The number of halogens is 1. The van der Waals surface area contributed by atoms with Crippen LogP contribution in [0.15, 0.2) is 42.5 Å². The van der Waals surface area contributed by atoms with Gasteiger partial charge in [0.25, 0.3) is 0 Å². The Morgan fingerprint density at radius 1 is 1.10 bits per heavy atom. The van der Waals surface area contributed by atoms with Crippen molar-refractivity contribution in [2.24, 2.45) is 0 Å². The number of aromatic hydroxyl groups is 2. The Labute approximate surface area is 121 Å². The first-order valence-corrected chi connectivity index (χ1v) is 6.56. The summed E-state index contributed by atoms with van der Waals surface area (Å²) in [4.78, 5) is 11.8. The lowest BCUT2D eigenvalue weighted by Gasteiger charge is -2.07. The van der Waals surface area contributed by atoms with E-state index in [0.717, 1.165) is 5.56 Å². The van der Waals surface area contributed by atoms with Crippen LogP contribution in [0.1, 0.15) is 11.1 Å². The van der Waals surface area contributed by atoms with E-state index in [1.807, 2.05) is 0 Å². The average molecular weight is 289 g/mol. The van der Waals surface area contributed by atoms with Crippen molar-refractivity contribution in [2.45, 2.75) is 12.8 Å². The van der Waals surface area contributed by atoms with E-state index in [1.54, 1.807) is 12.1 Å². The second-order valence-corrected chi connectivity index (χ2v) is 4.72. The monoisotopic (exact) mass is 289 g/mol. The Balaban J connectivity index is 1.82. The number of carbonyl (C=O) groups is 1. The molecule has 0 atom stereocenters. The molecule has 1 amide bonds. The van der Waals surface area contributed by atoms with Crippen molar-refractivity contribution in [3.05, 3.63) is 59.4 Å². The number of nitrogens with one attached hydrogen (secondary N) is 1. The van der Waals surface area contributed by atoms with E-state index in [4.69, 9.17) is 0 Å². The minimum Gasteiger partial charge on any atom is -0.508 e. The highest BCUT2D eigenvalue weighted by Gasteiger charge is 2.08. The number of benzene rings is 2. The van der Waals surface area contributed by atoms with E-state index < -0.39 is 0 Å². The Hall–Kier alpha value is -2.56. The van der Waals surface area contributed by atoms with Crippen molar-refractivity contribution < 1.29 is 19.4 Å².